The minimum Gasteiger partial charge on any atom is -0.272 e. The van der Waals surface area contributed by atoms with Crippen LogP contribution >= 0.6 is 11.6 Å². The molecule has 0 saturated heterocycles. The maximum atomic E-state index is 11.5. The van der Waals surface area contributed by atoms with Gasteiger partial charge in [0.15, 0.2) is 0 Å². The fourth-order valence-corrected chi connectivity index (χ4v) is 0.767. The number of halogens is 4. The Labute approximate surface area is 74.2 Å². The number of alkyl halides is 4. The molecule has 0 aromatic rings. The summed E-state index contributed by atoms with van der Waals surface area (Å²) in [5.41, 5.74) is -1.33. The summed E-state index contributed by atoms with van der Waals surface area (Å²) >= 11 is 5.21. The maximum absolute atomic E-state index is 11.5. The summed E-state index contributed by atoms with van der Waals surface area (Å²) in [4.78, 5) is 0. The Morgan fingerprint density at radius 2 is 2.00 bits per heavy atom. The Balaban J connectivity index is 3.60. The van der Waals surface area contributed by atoms with Gasteiger partial charge < -0.3 is 0 Å². The predicted molar refractivity (Wildman–Crippen MR) is 40.8 cm³/mol. The first-order chi connectivity index (χ1) is 5.45. The van der Waals surface area contributed by atoms with Gasteiger partial charge in [0.2, 0.25) is 0 Å². The summed E-state index contributed by atoms with van der Waals surface area (Å²) in [7, 11) is 0. The highest BCUT2D eigenvalue weighted by Crippen LogP contribution is 2.22. The van der Waals surface area contributed by atoms with E-state index in [0.29, 0.717) is 0 Å². The van der Waals surface area contributed by atoms with Crippen LogP contribution in [0.25, 0.3) is 0 Å². The van der Waals surface area contributed by atoms with Gasteiger partial charge in [-0.15, -0.1) is 13.2 Å². The van der Waals surface area contributed by atoms with E-state index in [9.17, 15) is 13.2 Å². The molecule has 0 radical (unpaired) electrons. The van der Waals surface area contributed by atoms with E-state index < -0.39 is 11.9 Å². The third kappa shape index (κ3) is 7.88. The van der Waals surface area contributed by atoms with Crippen molar-refractivity contribution >= 4 is 11.6 Å². The lowest BCUT2D eigenvalue weighted by molar-refractivity contribution is -0.331. The lowest BCUT2D eigenvalue weighted by Crippen LogP contribution is -2.19. The molecule has 0 aliphatic heterocycles. The second kappa shape index (κ2) is 5.43. The molecular formula is C7H10ClF3O. The number of hydrogen-bond acceptors (Lipinski definition) is 1. The highest BCUT2D eigenvalue weighted by atomic mass is 35.5. The van der Waals surface area contributed by atoms with Gasteiger partial charge in [-0.05, 0) is 6.42 Å². The van der Waals surface area contributed by atoms with Crippen molar-refractivity contribution in [3.8, 4) is 0 Å². The number of ether oxygens (including phenoxy) is 1. The van der Waals surface area contributed by atoms with Crippen molar-refractivity contribution in [2.75, 3.05) is 0 Å². The predicted octanol–water partition coefficient (Wildman–Crippen LogP) is 3.44. The zero-order valence-electron chi connectivity index (χ0n) is 6.57. The van der Waals surface area contributed by atoms with E-state index >= 15 is 0 Å². The largest absolute Gasteiger partial charge is 0.523 e. The van der Waals surface area contributed by atoms with Crippen LogP contribution < -0.4 is 0 Å². The maximum Gasteiger partial charge on any atom is 0.523 e. The Morgan fingerprint density at radius 3 is 2.42 bits per heavy atom. The van der Waals surface area contributed by atoms with Crippen LogP contribution in [0.15, 0.2) is 12.2 Å². The van der Waals surface area contributed by atoms with Gasteiger partial charge in [0, 0.05) is 6.42 Å². The van der Waals surface area contributed by atoms with E-state index in [1.54, 1.807) is 12.2 Å². The number of rotatable bonds is 4. The van der Waals surface area contributed by atoms with Crippen LogP contribution in [0, 0.1) is 0 Å². The van der Waals surface area contributed by atoms with Crippen LogP contribution in [0.5, 0.6) is 0 Å². The van der Waals surface area contributed by atoms with E-state index in [4.69, 9.17) is 11.6 Å². The van der Waals surface area contributed by atoms with E-state index in [1.165, 1.54) is 0 Å². The van der Waals surface area contributed by atoms with Crippen molar-refractivity contribution in [2.24, 2.45) is 0 Å². The average Bonchev–Trinajstić information content (AvgIpc) is 1.84. The molecule has 0 amide bonds. The first-order valence-corrected chi connectivity index (χ1v) is 3.93. The summed E-state index contributed by atoms with van der Waals surface area (Å²) in [5.74, 6) is 0. The molecule has 0 saturated carbocycles. The summed E-state index contributed by atoms with van der Waals surface area (Å²) in [5, 5.41) is 0. The third-order valence-corrected chi connectivity index (χ3v) is 1.25. The van der Waals surface area contributed by atoms with E-state index in [2.05, 4.69) is 4.74 Å². The highest BCUT2D eigenvalue weighted by molar-refractivity contribution is 6.19. The monoisotopic (exact) mass is 202 g/mol. The van der Waals surface area contributed by atoms with Crippen molar-refractivity contribution in [1.82, 2.24) is 0 Å². The smallest absolute Gasteiger partial charge is 0.272 e. The molecule has 0 aromatic carbocycles. The fourth-order valence-electron chi connectivity index (χ4n) is 0.563. The number of hydrogen-bond donors (Lipinski definition) is 0. The van der Waals surface area contributed by atoms with Gasteiger partial charge in [-0.1, -0.05) is 30.7 Å². The van der Waals surface area contributed by atoms with Crippen LogP contribution in [0.1, 0.15) is 19.8 Å². The van der Waals surface area contributed by atoms with Crippen molar-refractivity contribution < 1.29 is 17.9 Å². The average molecular weight is 203 g/mol. The van der Waals surface area contributed by atoms with Gasteiger partial charge in [0.05, 0.1) is 0 Å². The van der Waals surface area contributed by atoms with Crippen molar-refractivity contribution in [2.45, 2.75) is 31.7 Å². The van der Waals surface area contributed by atoms with Crippen molar-refractivity contribution in [3.05, 3.63) is 12.2 Å². The SMILES string of the molecule is CC/C=C\CC(Cl)OC(F)(F)F. The summed E-state index contributed by atoms with van der Waals surface area (Å²) in [6, 6.07) is 0. The van der Waals surface area contributed by atoms with Crippen LogP contribution in [0.4, 0.5) is 13.2 Å². The summed E-state index contributed by atoms with van der Waals surface area (Å²) < 4.78 is 38.0. The van der Waals surface area contributed by atoms with Crippen molar-refractivity contribution in [3.63, 3.8) is 0 Å². The van der Waals surface area contributed by atoms with Gasteiger partial charge >= 0.3 is 6.36 Å². The van der Waals surface area contributed by atoms with E-state index in [1.807, 2.05) is 6.92 Å². The molecular weight excluding hydrogens is 193 g/mol. The van der Waals surface area contributed by atoms with Gasteiger partial charge in [0.1, 0.15) is 5.56 Å². The van der Waals surface area contributed by atoms with Gasteiger partial charge in [-0.25, -0.2) is 0 Å². The van der Waals surface area contributed by atoms with E-state index in [0.717, 1.165) is 6.42 Å². The second-order valence-corrected chi connectivity index (χ2v) is 2.58. The minimum absolute atomic E-state index is 0.0644. The molecule has 0 aromatic heterocycles. The Bertz CT molecular complexity index is 144. The third-order valence-electron chi connectivity index (χ3n) is 0.985. The lowest BCUT2D eigenvalue weighted by Gasteiger charge is -2.10. The molecule has 0 heterocycles. The molecule has 1 nitrogen and oxygen atoms in total. The van der Waals surface area contributed by atoms with Gasteiger partial charge in [0.25, 0.3) is 0 Å². The Morgan fingerprint density at radius 1 is 1.42 bits per heavy atom. The molecule has 5 heteroatoms. The van der Waals surface area contributed by atoms with Gasteiger partial charge in [-0.2, -0.15) is 0 Å². The first kappa shape index (κ1) is 11.8. The molecule has 0 bridgehead atoms. The Kier molecular flexibility index (Phi) is 5.33. The molecule has 72 valence electrons. The van der Waals surface area contributed by atoms with Crippen LogP contribution in [-0.4, -0.2) is 11.9 Å². The van der Waals surface area contributed by atoms with Crippen LogP contribution in [0.3, 0.4) is 0 Å². The zero-order chi connectivity index (χ0) is 9.61. The molecule has 12 heavy (non-hydrogen) atoms. The van der Waals surface area contributed by atoms with Crippen molar-refractivity contribution in [1.29, 1.82) is 0 Å². The first-order valence-electron chi connectivity index (χ1n) is 3.49. The zero-order valence-corrected chi connectivity index (χ0v) is 7.32. The molecule has 0 rings (SSSR count). The lowest BCUT2D eigenvalue weighted by atomic mass is 10.3. The normalized spacial score (nSPS) is 15.4. The minimum atomic E-state index is -4.65. The fraction of sp³-hybridized carbons (Fsp3) is 0.714. The molecule has 1 atom stereocenters. The number of allylic oxidation sites excluding steroid dienone is 1. The van der Waals surface area contributed by atoms with Crippen LogP contribution in [-0.2, 0) is 4.74 Å². The quantitative estimate of drug-likeness (QED) is 0.501. The second-order valence-electron chi connectivity index (χ2n) is 2.09. The molecule has 0 spiro atoms. The molecule has 0 fully saturated rings. The molecule has 0 N–H and O–H groups in total. The Hall–Kier alpha value is -0.220. The standard InChI is InChI=1S/C7H10ClF3O/c1-2-3-4-5-6(8)12-7(9,10)11/h3-4,6H,2,5H2,1H3/b4-3-. The van der Waals surface area contributed by atoms with Gasteiger partial charge in [-0.3, -0.25) is 4.74 Å². The summed E-state index contributed by atoms with van der Waals surface area (Å²) in [6.45, 7) is 1.88. The summed E-state index contributed by atoms with van der Waals surface area (Å²) in [6.07, 6.45) is -0.518. The molecule has 0 aliphatic rings. The molecule has 0 aliphatic carbocycles. The van der Waals surface area contributed by atoms with E-state index in [-0.39, 0.29) is 6.42 Å². The highest BCUT2D eigenvalue weighted by Gasteiger charge is 2.32. The topological polar surface area (TPSA) is 9.23 Å². The molecule has 1 unspecified atom stereocenters. The van der Waals surface area contributed by atoms with Crippen LogP contribution in [0.2, 0.25) is 0 Å².